The molecular weight excluding hydrogens is 767 g/mol. The maximum atomic E-state index is 15.5. The van der Waals surface area contributed by atoms with Crippen molar-refractivity contribution in [1.29, 1.82) is 0 Å². The van der Waals surface area contributed by atoms with E-state index < -0.39 is 68.2 Å². The molecule has 56 heavy (non-hydrogen) atoms. The van der Waals surface area contributed by atoms with Gasteiger partial charge < -0.3 is 10.1 Å². The Labute approximate surface area is 322 Å². The quantitative estimate of drug-likeness (QED) is 0.161. The molecule has 1 atom stereocenters. The van der Waals surface area contributed by atoms with E-state index in [4.69, 9.17) is 4.74 Å². The normalized spacial score (nSPS) is 14.0. The summed E-state index contributed by atoms with van der Waals surface area (Å²) in [4.78, 5) is 61.5. The van der Waals surface area contributed by atoms with Crippen molar-refractivity contribution in [2.45, 2.75) is 55.6 Å². The summed E-state index contributed by atoms with van der Waals surface area (Å²) < 4.78 is 67.2. The average molecular weight is 801 g/mol. The number of halogens is 2. The summed E-state index contributed by atoms with van der Waals surface area (Å²) in [6.45, 7) is 0. The van der Waals surface area contributed by atoms with Crippen LogP contribution in [0.3, 0.4) is 0 Å². The molecule has 1 aliphatic rings. The van der Waals surface area contributed by atoms with Gasteiger partial charge in [0.25, 0.3) is 21.5 Å². The summed E-state index contributed by atoms with van der Waals surface area (Å²) in [7, 11) is -2.77. The number of fused-ring (bicyclic) bond motifs is 1. The number of hydrogen-bond donors (Lipinski definition) is 2. The topological polar surface area (TPSA) is 171 Å². The predicted octanol–water partition coefficient (Wildman–Crippen LogP) is 5.50. The maximum Gasteiger partial charge on any atom is 0.335 e. The van der Waals surface area contributed by atoms with Gasteiger partial charge in [-0.2, -0.15) is 11.3 Å². The second-order valence-corrected chi connectivity index (χ2v) is 15.7. The van der Waals surface area contributed by atoms with Crippen molar-refractivity contribution in [2.75, 3.05) is 4.72 Å². The number of esters is 1. The number of carbonyl (C=O) groups excluding carboxylic acids is 2. The molecule has 288 valence electrons. The Bertz CT molecular complexity index is 2640. The summed E-state index contributed by atoms with van der Waals surface area (Å²) in [6.07, 6.45) is 7.31. The van der Waals surface area contributed by atoms with Crippen LogP contribution in [0.1, 0.15) is 48.2 Å². The van der Waals surface area contributed by atoms with Gasteiger partial charge in [-0.25, -0.2) is 31.4 Å². The molecule has 1 amide bonds. The first-order valence-corrected chi connectivity index (χ1v) is 20.0. The number of pyridine rings is 2. The fourth-order valence-corrected chi connectivity index (χ4v) is 8.28. The van der Waals surface area contributed by atoms with E-state index in [1.54, 1.807) is 12.1 Å². The van der Waals surface area contributed by atoms with Crippen molar-refractivity contribution in [3.05, 3.63) is 134 Å². The molecule has 2 aromatic carbocycles. The Morgan fingerprint density at radius 1 is 0.964 bits per heavy atom. The van der Waals surface area contributed by atoms with E-state index in [-0.39, 0.29) is 28.1 Å². The lowest BCUT2D eigenvalue weighted by Crippen LogP contribution is -2.45. The van der Waals surface area contributed by atoms with Crippen LogP contribution in [0, 0.1) is 11.6 Å². The van der Waals surface area contributed by atoms with Gasteiger partial charge in [0.1, 0.15) is 29.3 Å². The molecule has 13 nitrogen and oxygen atoms in total. The lowest BCUT2D eigenvalue weighted by Gasteiger charge is -2.25. The third-order valence-corrected chi connectivity index (χ3v) is 11.6. The van der Waals surface area contributed by atoms with Crippen molar-refractivity contribution < 1.29 is 31.5 Å². The minimum Gasteiger partial charge on any atom is -0.461 e. The molecule has 0 spiro atoms. The molecular formula is C39H34F2N6O7S2. The second kappa shape index (κ2) is 16.0. The number of hydrogen-bond acceptors (Lipinski definition) is 10. The van der Waals surface area contributed by atoms with Gasteiger partial charge in [0, 0.05) is 25.4 Å². The predicted molar refractivity (Wildman–Crippen MR) is 205 cm³/mol. The zero-order valence-corrected chi connectivity index (χ0v) is 31.4. The number of nitrogens with one attached hydrogen (secondary N) is 2. The Morgan fingerprint density at radius 3 is 2.36 bits per heavy atom. The zero-order chi connectivity index (χ0) is 39.6. The lowest BCUT2D eigenvalue weighted by molar-refractivity contribution is -0.152. The van der Waals surface area contributed by atoms with E-state index in [1.165, 1.54) is 71.9 Å². The smallest absolute Gasteiger partial charge is 0.335 e. The van der Waals surface area contributed by atoms with Gasteiger partial charge in [-0.1, -0.05) is 18.6 Å². The van der Waals surface area contributed by atoms with Crippen LogP contribution in [-0.4, -0.2) is 51.5 Å². The van der Waals surface area contributed by atoms with Crippen molar-refractivity contribution in [3.8, 4) is 16.8 Å². The molecule has 1 fully saturated rings. The van der Waals surface area contributed by atoms with Crippen LogP contribution in [-0.2, 0) is 33.0 Å². The summed E-state index contributed by atoms with van der Waals surface area (Å²) in [6, 6.07) is 12.1. The Kier molecular flexibility index (Phi) is 10.9. The van der Waals surface area contributed by atoms with Crippen molar-refractivity contribution in [2.24, 2.45) is 7.05 Å². The van der Waals surface area contributed by atoms with Crippen LogP contribution >= 0.6 is 11.3 Å². The van der Waals surface area contributed by atoms with Gasteiger partial charge in [0.2, 0.25) is 0 Å². The first-order chi connectivity index (χ1) is 26.9. The Hall–Kier alpha value is -6.07. The number of nitrogens with zero attached hydrogens (tertiary/aromatic N) is 4. The number of rotatable bonds is 11. The van der Waals surface area contributed by atoms with Crippen molar-refractivity contribution in [1.82, 2.24) is 24.4 Å². The van der Waals surface area contributed by atoms with E-state index >= 15 is 8.78 Å². The Morgan fingerprint density at radius 2 is 1.70 bits per heavy atom. The maximum absolute atomic E-state index is 15.5. The number of sulfonamides is 1. The van der Waals surface area contributed by atoms with Gasteiger partial charge >= 0.3 is 11.7 Å². The van der Waals surface area contributed by atoms with Crippen molar-refractivity contribution >= 4 is 49.8 Å². The third-order valence-electron chi connectivity index (χ3n) is 9.52. The van der Waals surface area contributed by atoms with Gasteiger partial charge in [0.15, 0.2) is 0 Å². The van der Waals surface area contributed by atoms with Gasteiger partial charge in [-0.15, -0.1) is 0 Å². The number of carbonyl (C=O) groups is 2. The number of aromatic nitrogens is 4. The molecule has 6 aromatic rings. The molecule has 0 radical (unpaired) electrons. The molecule has 7 rings (SSSR count). The van der Waals surface area contributed by atoms with Crippen LogP contribution in [0.2, 0.25) is 0 Å². The van der Waals surface area contributed by atoms with Crippen LogP contribution in [0.15, 0.2) is 104 Å². The highest BCUT2D eigenvalue weighted by molar-refractivity contribution is 7.92. The number of anilines is 1. The van der Waals surface area contributed by atoms with Gasteiger partial charge in [-0.05, 0) is 96.1 Å². The standard InChI is InChI=1S/C39H34F2N6O7S2/c1-46-34-21-42-15-13-30(34)37(49)47(39(46)51)27-10-9-25(43-20-27)19-33(38(50)54-28-5-3-2-4-6-28)44-36(48)35-31(40)17-26(18-32(35)41)45-56(52,53)29-11-7-23(8-12-29)24-14-16-55-22-24/h7-18,20-22,28,33,45H,2-6,19H2,1H3,(H,44,48)/t33-/m0/s1. The first kappa shape index (κ1) is 38.2. The van der Waals surface area contributed by atoms with Crippen molar-refractivity contribution in [3.63, 3.8) is 0 Å². The highest BCUT2D eigenvalue weighted by atomic mass is 32.2. The average Bonchev–Trinajstić information content (AvgIpc) is 3.73. The molecule has 0 saturated heterocycles. The van der Waals surface area contributed by atoms with Crippen LogP contribution in [0.5, 0.6) is 0 Å². The molecule has 4 aromatic heterocycles. The molecule has 0 unspecified atom stereocenters. The minimum absolute atomic E-state index is 0.138. The molecule has 4 heterocycles. The summed E-state index contributed by atoms with van der Waals surface area (Å²) in [5.41, 5.74) is -0.341. The first-order valence-electron chi connectivity index (χ1n) is 17.6. The minimum atomic E-state index is -4.27. The fourth-order valence-electron chi connectivity index (χ4n) is 6.57. The SMILES string of the molecule is Cn1c(=O)n(-c2ccc(C[C@H](NC(=O)c3c(F)cc(NS(=O)(=O)c4ccc(-c5ccsc5)cc4)cc3F)C(=O)OC3CCCCC3)nc2)c(=O)c2ccncc21. The molecule has 2 N–H and O–H groups in total. The van der Waals surface area contributed by atoms with E-state index in [2.05, 4.69) is 20.0 Å². The molecule has 0 bridgehead atoms. The van der Waals surface area contributed by atoms with Crippen LogP contribution < -0.4 is 21.3 Å². The number of aryl methyl sites for hydroxylation is 1. The molecule has 17 heteroatoms. The molecule has 1 saturated carbocycles. The lowest BCUT2D eigenvalue weighted by atomic mass is 9.97. The molecule has 0 aliphatic heterocycles. The highest BCUT2D eigenvalue weighted by Gasteiger charge is 2.30. The Balaban J connectivity index is 1.11. The number of benzene rings is 2. The van der Waals surface area contributed by atoms with Crippen LogP contribution in [0.4, 0.5) is 14.5 Å². The molecule has 1 aliphatic carbocycles. The second-order valence-electron chi connectivity index (χ2n) is 13.3. The number of amides is 1. The monoisotopic (exact) mass is 800 g/mol. The fraction of sp³-hybridized carbons (Fsp3) is 0.231. The summed E-state index contributed by atoms with van der Waals surface area (Å²) in [5, 5.41) is 6.41. The van der Waals surface area contributed by atoms with E-state index in [0.29, 0.717) is 30.5 Å². The van der Waals surface area contributed by atoms with Crippen LogP contribution in [0.25, 0.3) is 27.7 Å². The number of ether oxygens (including phenoxy) is 1. The zero-order valence-electron chi connectivity index (χ0n) is 29.8. The van der Waals surface area contributed by atoms with Gasteiger partial charge in [0.05, 0.1) is 39.6 Å². The van der Waals surface area contributed by atoms with E-state index in [0.717, 1.165) is 35.0 Å². The number of thiophene rings is 1. The largest absolute Gasteiger partial charge is 0.461 e. The summed E-state index contributed by atoms with van der Waals surface area (Å²) in [5.74, 6) is -4.90. The third kappa shape index (κ3) is 7.99. The summed E-state index contributed by atoms with van der Waals surface area (Å²) >= 11 is 1.49. The van der Waals surface area contributed by atoms with E-state index in [9.17, 15) is 27.6 Å². The van der Waals surface area contributed by atoms with Gasteiger partial charge in [-0.3, -0.25) is 28.8 Å². The highest BCUT2D eigenvalue weighted by Crippen LogP contribution is 2.27. The van der Waals surface area contributed by atoms with E-state index in [1.807, 2.05) is 16.8 Å².